The fraction of sp³-hybridized carbons (Fsp3) is 0.391. The second kappa shape index (κ2) is 9.50. The Labute approximate surface area is 193 Å². The van der Waals surface area contributed by atoms with Gasteiger partial charge in [-0.15, -0.1) is 0 Å². The van der Waals surface area contributed by atoms with Crippen LogP contribution in [0, 0.1) is 0 Å². The Morgan fingerprint density at radius 2 is 1.76 bits per heavy atom. The van der Waals surface area contributed by atoms with Crippen molar-refractivity contribution < 1.29 is 22.7 Å². The molecule has 1 heterocycles. The minimum Gasteiger partial charge on any atom is -0.378 e. The zero-order valence-corrected chi connectivity index (χ0v) is 19.5. The Bertz CT molecular complexity index is 1160. The van der Waals surface area contributed by atoms with Gasteiger partial charge in [-0.2, -0.15) is 0 Å². The predicted molar refractivity (Wildman–Crippen MR) is 125 cm³/mol. The Morgan fingerprint density at radius 3 is 2.42 bits per heavy atom. The summed E-state index contributed by atoms with van der Waals surface area (Å²) in [5, 5.41) is 5.75. The second-order valence-electron chi connectivity index (χ2n) is 8.35. The van der Waals surface area contributed by atoms with Gasteiger partial charge in [-0.3, -0.25) is 9.59 Å². The standard InChI is InChI=1S/C23H28N4O5S/c1-26(2)33(30,31)19-8-9-21(27-10-12-32-13-11-27)20(15-19)23(29)25-18-5-3-4-16(14-18)22(28)24-17-6-7-17/h3-5,8-9,14-15,17H,6-7,10-13H2,1-2H3,(H,24,28)(H,25,29). The average molecular weight is 473 g/mol. The van der Waals surface area contributed by atoms with Crippen LogP contribution in [-0.4, -0.2) is 71.0 Å². The fourth-order valence-corrected chi connectivity index (χ4v) is 4.51. The molecule has 0 radical (unpaired) electrons. The SMILES string of the molecule is CN(C)S(=O)(=O)c1ccc(N2CCOCC2)c(C(=O)Nc2cccc(C(=O)NC3CC3)c2)c1. The van der Waals surface area contributed by atoms with E-state index in [0.717, 1.165) is 17.1 Å². The number of hydrogen-bond donors (Lipinski definition) is 2. The van der Waals surface area contributed by atoms with E-state index in [1.54, 1.807) is 30.3 Å². The average Bonchev–Trinajstić information content (AvgIpc) is 3.63. The molecule has 0 unspecified atom stereocenters. The summed E-state index contributed by atoms with van der Waals surface area (Å²) >= 11 is 0. The van der Waals surface area contributed by atoms with E-state index in [4.69, 9.17) is 4.74 Å². The third kappa shape index (κ3) is 5.35. The highest BCUT2D eigenvalue weighted by molar-refractivity contribution is 7.89. The van der Waals surface area contributed by atoms with Crippen LogP contribution in [0.5, 0.6) is 0 Å². The maximum atomic E-state index is 13.3. The number of carbonyl (C=O) groups excluding carboxylic acids is 2. The fourth-order valence-electron chi connectivity index (χ4n) is 3.58. The van der Waals surface area contributed by atoms with Crippen molar-refractivity contribution in [2.45, 2.75) is 23.8 Å². The molecule has 2 fully saturated rings. The number of hydrogen-bond acceptors (Lipinski definition) is 6. The molecule has 10 heteroatoms. The van der Waals surface area contributed by atoms with Crippen LogP contribution in [-0.2, 0) is 14.8 Å². The van der Waals surface area contributed by atoms with E-state index in [-0.39, 0.29) is 22.4 Å². The molecule has 176 valence electrons. The molecular weight excluding hydrogens is 444 g/mol. The van der Waals surface area contributed by atoms with Crippen molar-refractivity contribution >= 4 is 33.2 Å². The number of carbonyl (C=O) groups is 2. The van der Waals surface area contributed by atoms with E-state index < -0.39 is 15.9 Å². The highest BCUT2D eigenvalue weighted by Gasteiger charge is 2.26. The van der Waals surface area contributed by atoms with Crippen LogP contribution in [0.25, 0.3) is 0 Å². The zero-order valence-electron chi connectivity index (χ0n) is 18.7. The van der Waals surface area contributed by atoms with Gasteiger partial charge in [0, 0.05) is 50.2 Å². The lowest BCUT2D eigenvalue weighted by Crippen LogP contribution is -2.37. The summed E-state index contributed by atoms with van der Waals surface area (Å²) in [6, 6.07) is 11.5. The number of morpholine rings is 1. The lowest BCUT2D eigenvalue weighted by Gasteiger charge is -2.30. The molecule has 2 aromatic rings. The molecule has 0 spiro atoms. The van der Waals surface area contributed by atoms with Crippen LogP contribution in [0.15, 0.2) is 47.4 Å². The minimum atomic E-state index is -3.72. The van der Waals surface area contributed by atoms with E-state index in [0.29, 0.717) is 43.2 Å². The first-order chi connectivity index (χ1) is 15.8. The number of nitrogens with zero attached hydrogens (tertiary/aromatic N) is 2. The van der Waals surface area contributed by atoms with Crippen LogP contribution in [0.4, 0.5) is 11.4 Å². The van der Waals surface area contributed by atoms with Crippen LogP contribution in [0.2, 0.25) is 0 Å². The lowest BCUT2D eigenvalue weighted by molar-refractivity contribution is 0.0949. The van der Waals surface area contributed by atoms with Crippen LogP contribution >= 0.6 is 0 Å². The van der Waals surface area contributed by atoms with Crippen LogP contribution in [0.3, 0.4) is 0 Å². The molecule has 4 rings (SSSR count). The van der Waals surface area contributed by atoms with Crippen LogP contribution in [0.1, 0.15) is 33.6 Å². The Balaban J connectivity index is 1.64. The van der Waals surface area contributed by atoms with Crippen LogP contribution < -0.4 is 15.5 Å². The van der Waals surface area contributed by atoms with Gasteiger partial charge in [0.15, 0.2) is 0 Å². The third-order valence-electron chi connectivity index (χ3n) is 5.64. The monoisotopic (exact) mass is 472 g/mol. The van der Waals surface area contributed by atoms with Crippen molar-refractivity contribution in [2.24, 2.45) is 0 Å². The first kappa shape index (κ1) is 23.2. The molecule has 2 aliphatic rings. The number of rotatable bonds is 7. The number of benzene rings is 2. The molecule has 2 aromatic carbocycles. The first-order valence-corrected chi connectivity index (χ1v) is 12.3. The van der Waals surface area contributed by atoms with Crippen molar-refractivity contribution in [2.75, 3.05) is 50.6 Å². The lowest BCUT2D eigenvalue weighted by atomic mass is 10.1. The van der Waals surface area contributed by atoms with Gasteiger partial charge >= 0.3 is 0 Å². The molecule has 9 nitrogen and oxygen atoms in total. The molecule has 1 aliphatic heterocycles. The molecule has 0 bridgehead atoms. The van der Waals surface area contributed by atoms with Gasteiger partial charge < -0.3 is 20.3 Å². The summed E-state index contributed by atoms with van der Waals surface area (Å²) in [6.07, 6.45) is 1.97. The molecule has 2 N–H and O–H groups in total. The zero-order chi connectivity index (χ0) is 23.6. The van der Waals surface area contributed by atoms with Gasteiger partial charge in [0.05, 0.1) is 23.7 Å². The Kier molecular flexibility index (Phi) is 6.68. The topological polar surface area (TPSA) is 108 Å². The largest absolute Gasteiger partial charge is 0.378 e. The summed E-state index contributed by atoms with van der Waals surface area (Å²) in [7, 11) is -0.825. The summed E-state index contributed by atoms with van der Waals surface area (Å²) in [5.41, 5.74) is 1.79. The highest BCUT2D eigenvalue weighted by atomic mass is 32.2. The third-order valence-corrected chi connectivity index (χ3v) is 7.45. The number of anilines is 2. The minimum absolute atomic E-state index is 0.0345. The number of amides is 2. The number of sulfonamides is 1. The smallest absolute Gasteiger partial charge is 0.257 e. The van der Waals surface area contributed by atoms with Gasteiger partial charge in [-0.05, 0) is 49.2 Å². The highest BCUT2D eigenvalue weighted by Crippen LogP contribution is 2.27. The van der Waals surface area contributed by atoms with Gasteiger partial charge in [0.1, 0.15) is 0 Å². The molecule has 0 atom stereocenters. The molecular formula is C23H28N4O5S. The maximum absolute atomic E-state index is 13.3. The van der Waals surface area contributed by atoms with Crippen molar-refractivity contribution in [1.82, 2.24) is 9.62 Å². The molecule has 1 saturated heterocycles. The number of ether oxygens (including phenoxy) is 1. The van der Waals surface area contributed by atoms with E-state index in [2.05, 4.69) is 10.6 Å². The summed E-state index contributed by atoms with van der Waals surface area (Å²) < 4.78 is 31.9. The first-order valence-electron chi connectivity index (χ1n) is 10.9. The van der Waals surface area contributed by atoms with Crippen molar-refractivity contribution in [3.05, 3.63) is 53.6 Å². The predicted octanol–water partition coefficient (Wildman–Crippen LogP) is 1.92. The van der Waals surface area contributed by atoms with E-state index in [1.807, 2.05) is 4.90 Å². The summed E-state index contributed by atoms with van der Waals surface area (Å²) in [6.45, 7) is 2.24. The quantitative estimate of drug-likeness (QED) is 0.638. The Morgan fingerprint density at radius 1 is 1.03 bits per heavy atom. The summed E-state index contributed by atoms with van der Waals surface area (Å²) in [5.74, 6) is -0.631. The Hall–Kier alpha value is -2.95. The molecule has 0 aromatic heterocycles. The molecule has 1 aliphatic carbocycles. The van der Waals surface area contributed by atoms with Gasteiger partial charge in [-0.1, -0.05) is 6.07 Å². The van der Waals surface area contributed by atoms with Crippen molar-refractivity contribution in [3.8, 4) is 0 Å². The van der Waals surface area contributed by atoms with E-state index >= 15 is 0 Å². The molecule has 1 saturated carbocycles. The van der Waals surface area contributed by atoms with Gasteiger partial charge in [0.25, 0.3) is 11.8 Å². The van der Waals surface area contributed by atoms with Crippen molar-refractivity contribution in [3.63, 3.8) is 0 Å². The van der Waals surface area contributed by atoms with E-state index in [9.17, 15) is 18.0 Å². The second-order valence-corrected chi connectivity index (χ2v) is 10.5. The number of nitrogens with one attached hydrogen (secondary N) is 2. The normalized spacial score (nSPS) is 16.5. The van der Waals surface area contributed by atoms with Gasteiger partial charge in [-0.25, -0.2) is 12.7 Å². The molecule has 33 heavy (non-hydrogen) atoms. The van der Waals surface area contributed by atoms with E-state index in [1.165, 1.54) is 26.2 Å². The van der Waals surface area contributed by atoms with Crippen molar-refractivity contribution in [1.29, 1.82) is 0 Å². The van der Waals surface area contributed by atoms with Gasteiger partial charge in [0.2, 0.25) is 10.0 Å². The summed E-state index contributed by atoms with van der Waals surface area (Å²) in [4.78, 5) is 27.7. The maximum Gasteiger partial charge on any atom is 0.257 e. The molecule has 2 amide bonds.